The van der Waals surface area contributed by atoms with Gasteiger partial charge in [-0.3, -0.25) is 0 Å². The molecule has 142 valence electrons. The van der Waals surface area contributed by atoms with Gasteiger partial charge >= 0.3 is 6.09 Å². The van der Waals surface area contributed by atoms with E-state index in [1.165, 1.54) is 0 Å². The first-order chi connectivity index (χ1) is 12.2. The molecule has 8 heteroatoms. The molecule has 7 nitrogen and oxygen atoms in total. The number of nitrogens with zero attached hydrogens (tertiary/aromatic N) is 2. The zero-order valence-corrected chi connectivity index (χ0v) is 16.2. The third-order valence-corrected chi connectivity index (χ3v) is 5.69. The van der Waals surface area contributed by atoms with Crippen LogP contribution in [0.3, 0.4) is 0 Å². The number of piperidine rings is 1. The number of carbonyl (C=O) groups excluding carboxylic acids is 1. The Bertz CT molecular complexity index is 827. The Labute approximate surface area is 154 Å². The molecule has 2 heterocycles. The van der Waals surface area contributed by atoms with Crippen molar-refractivity contribution in [3.05, 3.63) is 29.8 Å². The normalized spacial score (nSPS) is 21.7. The van der Waals surface area contributed by atoms with Crippen LogP contribution in [-0.2, 0) is 14.8 Å². The second kappa shape index (κ2) is 6.90. The van der Waals surface area contributed by atoms with E-state index in [-0.39, 0.29) is 10.8 Å². The molecule has 2 aliphatic rings. The van der Waals surface area contributed by atoms with E-state index < -0.39 is 21.7 Å². The third-order valence-electron chi connectivity index (χ3n) is 4.37. The van der Waals surface area contributed by atoms with E-state index in [0.717, 1.165) is 19.4 Å². The number of ether oxygens (including phenoxy) is 1. The summed E-state index contributed by atoms with van der Waals surface area (Å²) in [7, 11) is -3.61. The summed E-state index contributed by atoms with van der Waals surface area (Å²) in [6.07, 6.45) is 1.45. The molecule has 0 aromatic heterocycles. The largest absolute Gasteiger partial charge is 0.444 e. The molecule has 1 amide bonds. The highest BCUT2D eigenvalue weighted by atomic mass is 32.2. The van der Waals surface area contributed by atoms with Crippen molar-refractivity contribution in [1.29, 1.82) is 0 Å². The van der Waals surface area contributed by atoms with E-state index in [0.29, 0.717) is 24.5 Å². The molecule has 1 N–H and O–H groups in total. The summed E-state index contributed by atoms with van der Waals surface area (Å²) in [5.41, 5.74) is 0.132. The molecule has 2 aliphatic heterocycles. The number of benzene rings is 1. The van der Waals surface area contributed by atoms with Gasteiger partial charge in [0.15, 0.2) is 5.84 Å². The van der Waals surface area contributed by atoms with Gasteiger partial charge in [0.25, 0.3) is 10.0 Å². The minimum Gasteiger partial charge on any atom is -0.444 e. The molecule has 0 aliphatic carbocycles. The Morgan fingerprint density at radius 3 is 2.81 bits per heavy atom. The van der Waals surface area contributed by atoms with Crippen molar-refractivity contribution in [1.82, 2.24) is 10.2 Å². The van der Waals surface area contributed by atoms with Crippen molar-refractivity contribution >= 4 is 22.0 Å². The molecule has 3 rings (SSSR count). The maximum Gasteiger partial charge on any atom is 0.407 e. The summed E-state index contributed by atoms with van der Waals surface area (Å²) in [4.78, 5) is 14.1. The second-order valence-electron chi connectivity index (χ2n) is 7.72. The molecule has 0 radical (unpaired) electrons. The SMILES string of the molecule is CC(C)(C)OC(=O)NCC1CCCN(C2=NS(=O)(=O)c3ccccc32)C1. The number of sulfonamides is 1. The fourth-order valence-electron chi connectivity index (χ4n) is 3.28. The van der Waals surface area contributed by atoms with Crippen molar-refractivity contribution in [2.24, 2.45) is 10.3 Å². The fourth-order valence-corrected chi connectivity index (χ4v) is 4.51. The third kappa shape index (κ3) is 4.17. The maximum absolute atomic E-state index is 12.2. The quantitative estimate of drug-likeness (QED) is 0.852. The Hall–Kier alpha value is -2.09. The standard InChI is InChI=1S/C18H25N3O4S/c1-18(2,3)25-17(22)19-11-13-7-6-10-21(12-13)16-14-8-4-5-9-15(14)26(23,24)20-16/h4-5,8-9,13H,6-7,10-12H2,1-3H3,(H,19,22). The summed E-state index contributed by atoms with van der Waals surface area (Å²) < 4.78 is 33.8. The number of amides is 1. The molecule has 1 aromatic rings. The molecule has 1 atom stereocenters. The lowest BCUT2D eigenvalue weighted by molar-refractivity contribution is 0.0513. The van der Waals surface area contributed by atoms with Gasteiger partial charge in [0.2, 0.25) is 0 Å². The zero-order valence-electron chi connectivity index (χ0n) is 15.4. The fraction of sp³-hybridized carbons (Fsp3) is 0.556. The van der Waals surface area contributed by atoms with E-state index in [1.54, 1.807) is 18.2 Å². The molecule has 1 fully saturated rings. The Morgan fingerprint density at radius 2 is 2.08 bits per heavy atom. The van der Waals surface area contributed by atoms with Crippen molar-refractivity contribution < 1.29 is 17.9 Å². The second-order valence-corrected chi connectivity index (χ2v) is 9.30. The highest BCUT2D eigenvalue weighted by molar-refractivity contribution is 7.90. The van der Waals surface area contributed by atoms with Gasteiger partial charge in [-0.25, -0.2) is 4.79 Å². The minimum atomic E-state index is -3.61. The lowest BCUT2D eigenvalue weighted by Gasteiger charge is -2.34. The summed E-state index contributed by atoms with van der Waals surface area (Å²) in [5.74, 6) is 0.733. The first kappa shape index (κ1) is 18.7. The van der Waals surface area contributed by atoms with Crippen LogP contribution >= 0.6 is 0 Å². The van der Waals surface area contributed by atoms with Gasteiger partial charge in [0.05, 0.1) is 0 Å². The highest BCUT2D eigenvalue weighted by Crippen LogP contribution is 2.29. The van der Waals surface area contributed by atoms with Crippen LogP contribution in [0, 0.1) is 5.92 Å². The Balaban J connectivity index is 1.66. The van der Waals surface area contributed by atoms with Crippen LogP contribution in [0.25, 0.3) is 0 Å². The number of hydrogen-bond acceptors (Lipinski definition) is 5. The predicted octanol–water partition coefficient (Wildman–Crippen LogP) is 2.37. The summed E-state index contributed by atoms with van der Waals surface area (Å²) >= 11 is 0. The van der Waals surface area contributed by atoms with E-state index in [1.807, 2.05) is 31.7 Å². The van der Waals surface area contributed by atoms with Crippen molar-refractivity contribution in [3.8, 4) is 0 Å². The van der Waals surface area contributed by atoms with Crippen LogP contribution in [0.1, 0.15) is 39.2 Å². The van der Waals surface area contributed by atoms with Crippen molar-refractivity contribution in [2.75, 3.05) is 19.6 Å². The number of likely N-dealkylation sites (tertiary alicyclic amines) is 1. The molecular weight excluding hydrogens is 354 g/mol. The average molecular weight is 379 g/mol. The molecule has 1 saturated heterocycles. The molecule has 1 unspecified atom stereocenters. The lowest BCUT2D eigenvalue weighted by Crippen LogP contribution is -2.44. The number of nitrogens with one attached hydrogen (secondary N) is 1. The predicted molar refractivity (Wildman–Crippen MR) is 98.7 cm³/mol. The van der Waals surface area contributed by atoms with E-state index in [9.17, 15) is 13.2 Å². The first-order valence-corrected chi connectivity index (χ1v) is 10.3. The van der Waals surface area contributed by atoms with Gasteiger partial charge in [-0.2, -0.15) is 8.42 Å². The maximum atomic E-state index is 12.2. The van der Waals surface area contributed by atoms with Gasteiger partial charge < -0.3 is 15.0 Å². The smallest absolute Gasteiger partial charge is 0.407 e. The van der Waals surface area contributed by atoms with Crippen molar-refractivity contribution in [3.63, 3.8) is 0 Å². The van der Waals surface area contributed by atoms with Gasteiger partial charge in [0.1, 0.15) is 10.5 Å². The Morgan fingerprint density at radius 1 is 1.35 bits per heavy atom. The van der Waals surface area contributed by atoms with E-state index in [4.69, 9.17) is 4.74 Å². The van der Waals surface area contributed by atoms with Crippen LogP contribution in [0.15, 0.2) is 33.6 Å². The van der Waals surface area contributed by atoms with Gasteiger partial charge in [-0.15, -0.1) is 4.40 Å². The van der Waals surface area contributed by atoms with Crippen LogP contribution in [0.4, 0.5) is 4.79 Å². The zero-order chi connectivity index (χ0) is 18.9. The topological polar surface area (TPSA) is 88.1 Å². The molecule has 26 heavy (non-hydrogen) atoms. The van der Waals surface area contributed by atoms with Gasteiger partial charge in [-0.1, -0.05) is 12.1 Å². The minimum absolute atomic E-state index is 0.217. The molecule has 0 spiro atoms. The lowest BCUT2D eigenvalue weighted by atomic mass is 9.97. The Kier molecular flexibility index (Phi) is 4.96. The number of fused-ring (bicyclic) bond motifs is 1. The van der Waals surface area contributed by atoms with Gasteiger partial charge in [0, 0.05) is 25.2 Å². The monoisotopic (exact) mass is 379 g/mol. The van der Waals surface area contributed by atoms with Crippen LogP contribution in [0.2, 0.25) is 0 Å². The van der Waals surface area contributed by atoms with Crippen LogP contribution in [-0.4, -0.2) is 50.5 Å². The van der Waals surface area contributed by atoms with Crippen LogP contribution in [0.5, 0.6) is 0 Å². The molecule has 0 bridgehead atoms. The summed E-state index contributed by atoms with van der Waals surface area (Å²) in [6.45, 7) is 7.37. The number of alkyl carbamates (subject to hydrolysis) is 1. The number of amidine groups is 1. The highest BCUT2D eigenvalue weighted by Gasteiger charge is 2.33. The first-order valence-electron chi connectivity index (χ1n) is 8.82. The molecule has 1 aromatic carbocycles. The number of rotatable bonds is 2. The van der Waals surface area contributed by atoms with Gasteiger partial charge in [-0.05, 0) is 51.7 Å². The molecular formula is C18H25N3O4S. The number of carbonyl (C=O) groups is 1. The number of hydrogen-bond donors (Lipinski definition) is 1. The average Bonchev–Trinajstić information content (AvgIpc) is 2.84. The van der Waals surface area contributed by atoms with Crippen LogP contribution < -0.4 is 5.32 Å². The summed E-state index contributed by atoms with van der Waals surface area (Å²) in [6, 6.07) is 6.91. The molecule has 0 saturated carbocycles. The van der Waals surface area contributed by atoms with Crippen molar-refractivity contribution in [2.45, 2.75) is 44.1 Å². The summed E-state index contributed by atoms with van der Waals surface area (Å²) in [5, 5.41) is 2.81. The van der Waals surface area contributed by atoms with E-state index in [2.05, 4.69) is 9.71 Å². The van der Waals surface area contributed by atoms with E-state index >= 15 is 0 Å².